The molecule has 142 valence electrons. The van der Waals surface area contributed by atoms with Gasteiger partial charge in [-0.15, -0.1) is 0 Å². The van der Waals surface area contributed by atoms with E-state index in [1.54, 1.807) is 0 Å². The molecular formula is C15H26N4O5S. The average Bonchev–Trinajstić information content (AvgIpc) is 3.22. The molecule has 9 nitrogen and oxygen atoms in total. The standard InChI is InChI=1S/C15H26N4O5S/c1-25(22,23)19-8-7-18(15(19)21)14(20)16-10-12-2-5-17(6-3-12)13-4-9-24-11-13/h12-13H,2-11H2,1H3,(H,16,20)/t13-/m1/s1. The van der Waals surface area contributed by atoms with E-state index in [9.17, 15) is 18.0 Å². The molecule has 0 spiro atoms. The van der Waals surface area contributed by atoms with Crippen LogP contribution < -0.4 is 5.32 Å². The quantitative estimate of drug-likeness (QED) is 0.737. The van der Waals surface area contributed by atoms with Crippen LogP contribution in [0.3, 0.4) is 0 Å². The lowest BCUT2D eigenvalue weighted by atomic mass is 9.95. The van der Waals surface area contributed by atoms with Crippen molar-refractivity contribution in [1.29, 1.82) is 0 Å². The fourth-order valence-corrected chi connectivity index (χ4v) is 4.47. The maximum absolute atomic E-state index is 12.2. The molecule has 3 fully saturated rings. The summed E-state index contributed by atoms with van der Waals surface area (Å²) in [4.78, 5) is 27.6. The van der Waals surface area contributed by atoms with Gasteiger partial charge < -0.3 is 10.1 Å². The minimum atomic E-state index is -3.62. The van der Waals surface area contributed by atoms with E-state index >= 15 is 0 Å². The molecule has 1 atom stereocenters. The van der Waals surface area contributed by atoms with Gasteiger partial charge in [0.2, 0.25) is 10.0 Å². The van der Waals surface area contributed by atoms with Crippen molar-refractivity contribution < 1.29 is 22.7 Å². The predicted octanol–water partition coefficient (Wildman–Crippen LogP) is -0.106. The van der Waals surface area contributed by atoms with Crippen molar-refractivity contribution in [2.45, 2.75) is 25.3 Å². The summed E-state index contributed by atoms with van der Waals surface area (Å²) in [6.45, 7) is 4.28. The first-order valence-corrected chi connectivity index (χ1v) is 10.6. The number of urea groups is 2. The Kier molecular flexibility index (Phi) is 5.49. The largest absolute Gasteiger partial charge is 0.380 e. The second-order valence-electron chi connectivity index (χ2n) is 6.95. The first-order valence-electron chi connectivity index (χ1n) is 8.75. The fourth-order valence-electron chi connectivity index (χ4n) is 3.67. The van der Waals surface area contributed by atoms with Crippen LogP contribution in [-0.2, 0) is 14.8 Å². The Bertz CT molecular complexity index is 611. The summed E-state index contributed by atoms with van der Waals surface area (Å²) in [5.41, 5.74) is 0. The van der Waals surface area contributed by atoms with Crippen molar-refractivity contribution >= 4 is 22.1 Å². The third kappa shape index (κ3) is 4.24. The zero-order valence-corrected chi connectivity index (χ0v) is 15.3. The maximum Gasteiger partial charge on any atom is 0.341 e. The van der Waals surface area contributed by atoms with E-state index in [1.165, 1.54) is 0 Å². The molecule has 3 saturated heterocycles. The molecule has 3 aliphatic rings. The second-order valence-corrected chi connectivity index (χ2v) is 8.86. The molecule has 0 bridgehead atoms. The van der Waals surface area contributed by atoms with Crippen LogP contribution in [-0.4, -0.2) is 92.8 Å². The third-order valence-electron chi connectivity index (χ3n) is 5.23. The molecule has 0 aromatic heterocycles. The number of hydrogen-bond donors (Lipinski definition) is 1. The number of likely N-dealkylation sites (tertiary alicyclic amines) is 1. The molecule has 4 amide bonds. The molecule has 0 aromatic rings. The van der Waals surface area contributed by atoms with E-state index < -0.39 is 22.1 Å². The number of nitrogens with zero attached hydrogens (tertiary/aromatic N) is 3. The Morgan fingerprint density at radius 3 is 2.48 bits per heavy atom. The lowest BCUT2D eigenvalue weighted by Crippen LogP contribution is -2.47. The number of carbonyl (C=O) groups is 2. The minimum Gasteiger partial charge on any atom is -0.380 e. The molecule has 10 heteroatoms. The zero-order chi connectivity index (χ0) is 18.0. The van der Waals surface area contributed by atoms with Crippen LogP contribution >= 0.6 is 0 Å². The Labute approximate surface area is 148 Å². The van der Waals surface area contributed by atoms with Gasteiger partial charge in [0.25, 0.3) is 0 Å². The number of ether oxygens (including phenoxy) is 1. The first-order chi connectivity index (χ1) is 11.9. The predicted molar refractivity (Wildman–Crippen MR) is 90.6 cm³/mol. The van der Waals surface area contributed by atoms with Gasteiger partial charge in [0.05, 0.1) is 26.0 Å². The van der Waals surface area contributed by atoms with Gasteiger partial charge in [0.1, 0.15) is 0 Å². The topological polar surface area (TPSA) is 99.3 Å². The smallest absolute Gasteiger partial charge is 0.341 e. The van der Waals surface area contributed by atoms with E-state index in [0.29, 0.717) is 18.5 Å². The van der Waals surface area contributed by atoms with Gasteiger partial charge in [0.15, 0.2) is 0 Å². The highest BCUT2D eigenvalue weighted by molar-refractivity contribution is 7.88. The van der Waals surface area contributed by atoms with E-state index in [4.69, 9.17) is 4.74 Å². The van der Waals surface area contributed by atoms with Crippen molar-refractivity contribution in [3.63, 3.8) is 0 Å². The van der Waals surface area contributed by atoms with E-state index in [1.807, 2.05) is 0 Å². The Morgan fingerprint density at radius 1 is 1.20 bits per heavy atom. The number of amides is 4. The lowest BCUT2D eigenvalue weighted by molar-refractivity contribution is 0.109. The maximum atomic E-state index is 12.2. The number of piperidine rings is 1. The summed E-state index contributed by atoms with van der Waals surface area (Å²) in [7, 11) is -3.62. The van der Waals surface area contributed by atoms with Crippen LogP contribution in [0.1, 0.15) is 19.3 Å². The van der Waals surface area contributed by atoms with Crippen molar-refractivity contribution in [3.05, 3.63) is 0 Å². The summed E-state index contributed by atoms with van der Waals surface area (Å²) >= 11 is 0. The van der Waals surface area contributed by atoms with Crippen LogP contribution in [0.2, 0.25) is 0 Å². The molecule has 0 unspecified atom stereocenters. The van der Waals surface area contributed by atoms with Gasteiger partial charge in [0, 0.05) is 19.2 Å². The van der Waals surface area contributed by atoms with Gasteiger partial charge in [-0.25, -0.2) is 27.2 Å². The van der Waals surface area contributed by atoms with Crippen molar-refractivity contribution in [2.75, 3.05) is 52.2 Å². The molecule has 3 aliphatic heterocycles. The highest BCUT2D eigenvalue weighted by atomic mass is 32.2. The van der Waals surface area contributed by atoms with Crippen LogP contribution in [0.15, 0.2) is 0 Å². The van der Waals surface area contributed by atoms with Gasteiger partial charge in [-0.1, -0.05) is 0 Å². The van der Waals surface area contributed by atoms with E-state index in [2.05, 4.69) is 10.2 Å². The molecule has 0 aliphatic carbocycles. The average molecular weight is 374 g/mol. The number of rotatable bonds is 4. The highest BCUT2D eigenvalue weighted by Gasteiger charge is 2.38. The number of nitrogens with one attached hydrogen (secondary N) is 1. The molecule has 0 radical (unpaired) electrons. The van der Waals surface area contributed by atoms with Crippen molar-refractivity contribution in [2.24, 2.45) is 5.92 Å². The highest BCUT2D eigenvalue weighted by Crippen LogP contribution is 2.22. The van der Waals surface area contributed by atoms with Crippen LogP contribution in [0.5, 0.6) is 0 Å². The Hall–Kier alpha value is -1.39. The number of hydrogen-bond acceptors (Lipinski definition) is 6. The normalized spacial score (nSPS) is 26.4. The summed E-state index contributed by atoms with van der Waals surface area (Å²) < 4.78 is 29.1. The molecule has 0 aromatic carbocycles. The molecule has 3 rings (SSSR count). The first kappa shape index (κ1) is 18.4. The van der Waals surface area contributed by atoms with Gasteiger partial charge in [-0.3, -0.25) is 4.90 Å². The van der Waals surface area contributed by atoms with Crippen molar-refractivity contribution in [3.8, 4) is 0 Å². The Balaban J connectivity index is 1.42. The molecule has 1 N–H and O–H groups in total. The van der Waals surface area contributed by atoms with Crippen molar-refractivity contribution in [1.82, 2.24) is 19.4 Å². The van der Waals surface area contributed by atoms with Gasteiger partial charge >= 0.3 is 12.1 Å². The molecular weight excluding hydrogens is 348 g/mol. The lowest BCUT2D eigenvalue weighted by Gasteiger charge is -2.35. The third-order valence-corrected chi connectivity index (χ3v) is 6.37. The summed E-state index contributed by atoms with van der Waals surface area (Å²) in [6, 6.07) is -0.751. The summed E-state index contributed by atoms with van der Waals surface area (Å²) in [5.74, 6) is 0.381. The van der Waals surface area contributed by atoms with Crippen LogP contribution in [0, 0.1) is 5.92 Å². The second kappa shape index (κ2) is 7.46. The molecule has 3 heterocycles. The number of imide groups is 1. The minimum absolute atomic E-state index is 0.0208. The van der Waals surface area contributed by atoms with Gasteiger partial charge in [-0.2, -0.15) is 0 Å². The van der Waals surface area contributed by atoms with Gasteiger partial charge in [-0.05, 0) is 38.3 Å². The summed E-state index contributed by atoms with van der Waals surface area (Å²) in [6.07, 6.45) is 4.06. The van der Waals surface area contributed by atoms with Crippen LogP contribution in [0.25, 0.3) is 0 Å². The zero-order valence-electron chi connectivity index (χ0n) is 14.5. The number of carbonyl (C=O) groups excluding carboxylic acids is 2. The fraction of sp³-hybridized carbons (Fsp3) is 0.867. The molecule has 25 heavy (non-hydrogen) atoms. The Morgan fingerprint density at radius 2 is 1.92 bits per heavy atom. The molecule has 0 saturated carbocycles. The van der Waals surface area contributed by atoms with E-state index in [0.717, 1.165) is 61.0 Å². The van der Waals surface area contributed by atoms with E-state index in [-0.39, 0.29) is 13.1 Å². The number of sulfonamides is 1. The van der Waals surface area contributed by atoms with Crippen LogP contribution in [0.4, 0.5) is 9.59 Å². The summed E-state index contributed by atoms with van der Waals surface area (Å²) in [5, 5.41) is 2.78. The SMILES string of the molecule is CS(=O)(=O)N1CCN(C(=O)NCC2CCN([C@@H]3CCOC3)CC2)C1=O. The monoisotopic (exact) mass is 374 g/mol.